The second-order valence-corrected chi connectivity index (χ2v) is 8.83. The molecule has 2 heterocycles. The molecule has 0 saturated carbocycles. The van der Waals surface area contributed by atoms with E-state index in [-0.39, 0.29) is 6.04 Å². The monoisotopic (exact) mass is 415 g/mol. The van der Waals surface area contributed by atoms with Crippen LogP contribution in [0, 0.1) is 0 Å². The quantitative estimate of drug-likeness (QED) is 0.702. The Morgan fingerprint density at radius 2 is 2.17 bits per heavy atom. The molecule has 1 aromatic heterocycles. The Labute approximate surface area is 129 Å². The fraction of sp³-hybridized carbons (Fsp3) is 0.636. The summed E-state index contributed by atoms with van der Waals surface area (Å²) in [6.07, 6.45) is 4.11. The summed E-state index contributed by atoms with van der Waals surface area (Å²) >= 11 is 8.05. The zero-order valence-electron chi connectivity index (χ0n) is 9.81. The van der Waals surface area contributed by atoms with Gasteiger partial charge in [0.05, 0.1) is 0 Å². The molecule has 0 aromatic carbocycles. The molecule has 1 unspecified atom stereocenters. The maximum absolute atomic E-state index is 12.7. The van der Waals surface area contributed by atoms with Crippen molar-refractivity contribution in [1.29, 1.82) is 0 Å². The Kier molecular flexibility index (Phi) is 5.28. The van der Waals surface area contributed by atoms with Crippen LogP contribution in [0.2, 0.25) is 0 Å². The average Bonchev–Trinajstić information content (AvgIpc) is 2.65. The molecule has 1 atom stereocenters. The Bertz CT molecular complexity index is 501. The first-order valence-corrected chi connectivity index (χ1v) is 10.1. The van der Waals surface area contributed by atoms with Crippen molar-refractivity contribution in [3.8, 4) is 0 Å². The molecule has 1 aliphatic heterocycles. The minimum Gasteiger partial charge on any atom is -0.206 e. The molecule has 1 saturated heterocycles. The van der Waals surface area contributed by atoms with Crippen LogP contribution in [0.25, 0.3) is 0 Å². The van der Waals surface area contributed by atoms with Gasteiger partial charge in [0.15, 0.2) is 0 Å². The second-order valence-electron chi connectivity index (χ2n) is 4.33. The van der Waals surface area contributed by atoms with E-state index in [4.69, 9.17) is 0 Å². The molecule has 1 aliphatic rings. The summed E-state index contributed by atoms with van der Waals surface area (Å²) in [6.45, 7) is 0.628. The van der Waals surface area contributed by atoms with E-state index in [1.54, 1.807) is 15.8 Å². The van der Waals surface area contributed by atoms with Crippen LogP contribution >= 0.6 is 43.2 Å². The Morgan fingerprint density at radius 3 is 2.78 bits per heavy atom. The number of nitrogens with zero attached hydrogens (tertiary/aromatic N) is 1. The zero-order chi connectivity index (χ0) is 13.2. The lowest BCUT2D eigenvalue weighted by Gasteiger charge is -2.27. The molecular formula is C11H15Br2NO2S2. The highest BCUT2D eigenvalue weighted by Crippen LogP contribution is 2.33. The molecule has 7 heteroatoms. The fourth-order valence-corrected chi connectivity index (χ4v) is 7.18. The molecule has 3 nitrogen and oxygen atoms in total. The third-order valence-corrected chi connectivity index (χ3v) is 8.48. The van der Waals surface area contributed by atoms with Crippen molar-refractivity contribution in [2.45, 2.75) is 35.9 Å². The predicted molar refractivity (Wildman–Crippen MR) is 82.0 cm³/mol. The second kappa shape index (κ2) is 6.35. The van der Waals surface area contributed by atoms with Crippen LogP contribution in [0.5, 0.6) is 0 Å². The van der Waals surface area contributed by atoms with Crippen LogP contribution in [0.15, 0.2) is 20.1 Å². The van der Waals surface area contributed by atoms with Gasteiger partial charge in [0.25, 0.3) is 10.0 Å². The van der Waals surface area contributed by atoms with Gasteiger partial charge < -0.3 is 0 Å². The molecule has 0 N–H and O–H groups in total. The van der Waals surface area contributed by atoms with Crippen molar-refractivity contribution in [3.05, 3.63) is 15.9 Å². The first kappa shape index (κ1) is 15.0. The van der Waals surface area contributed by atoms with Gasteiger partial charge in [-0.2, -0.15) is 4.31 Å². The van der Waals surface area contributed by atoms with Gasteiger partial charge in [0.1, 0.15) is 4.21 Å². The maximum Gasteiger partial charge on any atom is 0.253 e. The number of rotatable bonds is 3. The van der Waals surface area contributed by atoms with Gasteiger partial charge in [-0.25, -0.2) is 8.42 Å². The molecule has 1 aromatic rings. The number of thiophene rings is 1. The largest absolute Gasteiger partial charge is 0.253 e. The molecule has 0 amide bonds. The van der Waals surface area contributed by atoms with E-state index < -0.39 is 10.0 Å². The number of hydrogen-bond donors (Lipinski definition) is 0. The minimum absolute atomic E-state index is 0.0755. The molecule has 18 heavy (non-hydrogen) atoms. The number of alkyl halides is 1. The van der Waals surface area contributed by atoms with Crippen LogP contribution in [0.1, 0.15) is 25.7 Å². The van der Waals surface area contributed by atoms with Crippen LogP contribution in [0.4, 0.5) is 0 Å². The van der Waals surface area contributed by atoms with Gasteiger partial charge >= 0.3 is 0 Å². The first-order chi connectivity index (χ1) is 8.57. The first-order valence-electron chi connectivity index (χ1n) is 5.88. The SMILES string of the molecule is O=S(=O)(c1sccc1Br)N1CCCCCC1CBr. The van der Waals surface area contributed by atoms with Crippen molar-refractivity contribution >= 4 is 53.2 Å². The molecule has 0 aliphatic carbocycles. The Hall–Kier alpha value is 0.570. The van der Waals surface area contributed by atoms with E-state index in [1.807, 2.05) is 0 Å². The normalized spacial score (nSPS) is 22.9. The highest BCUT2D eigenvalue weighted by atomic mass is 79.9. The lowest BCUT2D eigenvalue weighted by atomic mass is 10.1. The van der Waals surface area contributed by atoms with E-state index in [0.29, 0.717) is 20.6 Å². The molecule has 0 spiro atoms. The predicted octanol–water partition coefficient (Wildman–Crippen LogP) is 3.84. The van der Waals surface area contributed by atoms with Crippen LogP contribution in [0.3, 0.4) is 0 Å². The van der Waals surface area contributed by atoms with Crippen molar-refractivity contribution in [2.24, 2.45) is 0 Å². The van der Waals surface area contributed by atoms with E-state index in [9.17, 15) is 8.42 Å². The van der Waals surface area contributed by atoms with Gasteiger partial charge in [0, 0.05) is 22.4 Å². The smallest absolute Gasteiger partial charge is 0.206 e. The summed E-state index contributed by atoms with van der Waals surface area (Å²) in [5.41, 5.74) is 0. The maximum atomic E-state index is 12.7. The highest BCUT2D eigenvalue weighted by Gasteiger charge is 2.33. The van der Waals surface area contributed by atoms with Crippen LogP contribution < -0.4 is 0 Å². The summed E-state index contributed by atoms with van der Waals surface area (Å²) < 4.78 is 28.1. The summed E-state index contributed by atoms with van der Waals surface area (Å²) in [4.78, 5) is 0. The molecule has 102 valence electrons. The van der Waals surface area contributed by atoms with E-state index in [0.717, 1.165) is 25.7 Å². The zero-order valence-corrected chi connectivity index (χ0v) is 14.6. The van der Waals surface area contributed by atoms with Gasteiger partial charge in [-0.1, -0.05) is 28.8 Å². The van der Waals surface area contributed by atoms with Crippen LogP contribution in [-0.2, 0) is 10.0 Å². The highest BCUT2D eigenvalue weighted by molar-refractivity contribution is 9.10. The Morgan fingerprint density at radius 1 is 1.39 bits per heavy atom. The number of halogens is 2. The summed E-state index contributed by atoms with van der Waals surface area (Å²) in [5.74, 6) is 0. The van der Waals surface area contributed by atoms with Crippen molar-refractivity contribution in [2.75, 3.05) is 11.9 Å². The molecule has 1 fully saturated rings. The number of sulfonamides is 1. The molecule has 0 bridgehead atoms. The third-order valence-electron chi connectivity index (χ3n) is 3.13. The van der Waals surface area contributed by atoms with E-state index in [1.165, 1.54) is 11.3 Å². The number of hydrogen-bond acceptors (Lipinski definition) is 3. The summed E-state index contributed by atoms with van der Waals surface area (Å²) in [5, 5.41) is 2.51. The Balaban J connectivity index is 2.35. The molecule has 2 rings (SSSR count). The topological polar surface area (TPSA) is 37.4 Å². The van der Waals surface area contributed by atoms with Gasteiger partial charge in [-0.15, -0.1) is 11.3 Å². The standard InChI is InChI=1S/C11H15Br2NO2S2/c12-8-9-4-2-1-3-6-14(9)18(15,16)11-10(13)5-7-17-11/h5,7,9H,1-4,6,8H2. The van der Waals surface area contributed by atoms with Crippen molar-refractivity contribution in [3.63, 3.8) is 0 Å². The van der Waals surface area contributed by atoms with Crippen LogP contribution in [-0.4, -0.2) is 30.6 Å². The lowest BCUT2D eigenvalue weighted by molar-refractivity contribution is 0.348. The van der Waals surface area contributed by atoms with Gasteiger partial charge in [-0.05, 0) is 40.2 Å². The van der Waals surface area contributed by atoms with Gasteiger partial charge in [0.2, 0.25) is 0 Å². The van der Waals surface area contributed by atoms with Crippen molar-refractivity contribution < 1.29 is 8.42 Å². The van der Waals surface area contributed by atoms with E-state index >= 15 is 0 Å². The summed E-state index contributed by atoms with van der Waals surface area (Å²) in [7, 11) is -3.36. The van der Waals surface area contributed by atoms with E-state index in [2.05, 4.69) is 31.9 Å². The third kappa shape index (κ3) is 3.00. The minimum atomic E-state index is -3.36. The summed E-state index contributed by atoms with van der Waals surface area (Å²) in [6, 6.07) is 1.87. The molecule has 0 radical (unpaired) electrons. The molecular weight excluding hydrogens is 402 g/mol. The lowest BCUT2D eigenvalue weighted by Crippen LogP contribution is -2.40. The van der Waals surface area contributed by atoms with Gasteiger partial charge in [-0.3, -0.25) is 0 Å². The fourth-order valence-electron chi connectivity index (χ4n) is 2.19. The van der Waals surface area contributed by atoms with Crippen molar-refractivity contribution in [1.82, 2.24) is 4.31 Å². The average molecular weight is 417 g/mol.